The first-order valence-electron chi connectivity index (χ1n) is 8.88. The van der Waals surface area contributed by atoms with E-state index in [2.05, 4.69) is 10.3 Å². The Bertz CT molecular complexity index is 939. The fourth-order valence-corrected chi connectivity index (χ4v) is 2.57. The van der Waals surface area contributed by atoms with Crippen LogP contribution in [0.1, 0.15) is 17.9 Å². The van der Waals surface area contributed by atoms with E-state index in [1.807, 2.05) is 0 Å². The van der Waals surface area contributed by atoms with Crippen molar-refractivity contribution in [1.29, 1.82) is 0 Å². The predicted molar refractivity (Wildman–Crippen MR) is 99.9 cm³/mol. The van der Waals surface area contributed by atoms with Gasteiger partial charge in [0.25, 0.3) is 0 Å². The number of amides is 1. The third-order valence-corrected chi connectivity index (χ3v) is 4.02. The maximum atomic E-state index is 13.3. The Hall–Kier alpha value is -3.22. The lowest BCUT2D eigenvalue weighted by molar-refractivity contribution is -0.120. The Balaban J connectivity index is 1.44. The Morgan fingerprint density at radius 2 is 1.93 bits per heavy atom. The SMILES string of the molecule is Cc1oc(-c2cccc(F)c2)nc1CC(=O)NCCCOc1ccc(F)cc1. The summed E-state index contributed by atoms with van der Waals surface area (Å²) in [6, 6.07) is 11.7. The number of nitrogens with one attached hydrogen (secondary N) is 1. The number of halogens is 2. The molecule has 1 amide bonds. The number of aryl methyl sites for hydroxylation is 1. The van der Waals surface area contributed by atoms with Gasteiger partial charge < -0.3 is 14.5 Å². The molecule has 0 fully saturated rings. The number of carbonyl (C=O) groups excluding carboxylic acids is 1. The van der Waals surface area contributed by atoms with Crippen molar-refractivity contribution in [1.82, 2.24) is 10.3 Å². The molecule has 0 aliphatic rings. The van der Waals surface area contributed by atoms with Crippen molar-refractivity contribution < 1.29 is 22.7 Å². The molecule has 5 nitrogen and oxygen atoms in total. The molecule has 0 unspecified atom stereocenters. The number of carbonyl (C=O) groups is 1. The van der Waals surface area contributed by atoms with Gasteiger partial charge in [0.2, 0.25) is 11.8 Å². The van der Waals surface area contributed by atoms with Crippen LogP contribution in [0.4, 0.5) is 8.78 Å². The predicted octanol–water partition coefficient (Wildman–Crippen LogP) is 4.06. The van der Waals surface area contributed by atoms with Crippen LogP contribution in [-0.4, -0.2) is 24.0 Å². The molecule has 0 atom stereocenters. The molecule has 2 aromatic carbocycles. The molecule has 7 heteroatoms. The minimum Gasteiger partial charge on any atom is -0.494 e. The number of hydrogen-bond acceptors (Lipinski definition) is 4. The highest BCUT2D eigenvalue weighted by Crippen LogP contribution is 2.22. The molecule has 0 saturated carbocycles. The first-order chi connectivity index (χ1) is 13.5. The minimum atomic E-state index is -0.379. The zero-order chi connectivity index (χ0) is 19.9. The lowest BCUT2D eigenvalue weighted by Gasteiger charge is -2.07. The van der Waals surface area contributed by atoms with Gasteiger partial charge in [-0.15, -0.1) is 0 Å². The Morgan fingerprint density at radius 1 is 1.14 bits per heavy atom. The molecule has 0 radical (unpaired) electrons. The third kappa shape index (κ3) is 5.39. The number of benzene rings is 2. The summed E-state index contributed by atoms with van der Waals surface area (Å²) in [5.41, 5.74) is 1.03. The zero-order valence-corrected chi connectivity index (χ0v) is 15.4. The van der Waals surface area contributed by atoms with Gasteiger partial charge in [-0.05, 0) is 55.8 Å². The lowest BCUT2D eigenvalue weighted by Crippen LogP contribution is -2.27. The van der Waals surface area contributed by atoms with Crippen LogP contribution >= 0.6 is 0 Å². The molecule has 0 saturated heterocycles. The fraction of sp³-hybridized carbons (Fsp3) is 0.238. The van der Waals surface area contributed by atoms with Gasteiger partial charge in [0.1, 0.15) is 23.1 Å². The van der Waals surface area contributed by atoms with Crippen molar-refractivity contribution in [2.45, 2.75) is 19.8 Å². The number of ether oxygens (including phenoxy) is 1. The van der Waals surface area contributed by atoms with Crippen LogP contribution in [0.5, 0.6) is 5.75 Å². The van der Waals surface area contributed by atoms with Crippen molar-refractivity contribution >= 4 is 5.91 Å². The number of oxazole rings is 1. The van der Waals surface area contributed by atoms with Gasteiger partial charge in [0, 0.05) is 12.1 Å². The van der Waals surface area contributed by atoms with Gasteiger partial charge in [-0.2, -0.15) is 0 Å². The third-order valence-electron chi connectivity index (χ3n) is 4.02. The average molecular weight is 386 g/mol. The second-order valence-electron chi connectivity index (χ2n) is 6.21. The molecule has 1 N–H and O–H groups in total. The van der Waals surface area contributed by atoms with Crippen LogP contribution in [0.3, 0.4) is 0 Å². The van der Waals surface area contributed by atoms with Gasteiger partial charge >= 0.3 is 0 Å². The largest absolute Gasteiger partial charge is 0.494 e. The van der Waals surface area contributed by atoms with Crippen LogP contribution in [0, 0.1) is 18.6 Å². The Labute approximate surface area is 161 Å². The van der Waals surface area contributed by atoms with E-state index in [4.69, 9.17) is 9.15 Å². The molecule has 0 aliphatic carbocycles. The van der Waals surface area contributed by atoms with E-state index in [0.29, 0.717) is 42.3 Å². The standard InChI is InChI=1S/C21H20F2N2O3/c1-14-19(25-21(28-14)15-4-2-5-17(23)12-15)13-20(26)24-10-3-11-27-18-8-6-16(22)7-9-18/h2,4-9,12H,3,10-11,13H2,1H3,(H,24,26). The van der Waals surface area contributed by atoms with E-state index in [9.17, 15) is 13.6 Å². The van der Waals surface area contributed by atoms with E-state index in [0.717, 1.165) is 0 Å². The van der Waals surface area contributed by atoms with E-state index >= 15 is 0 Å². The highest BCUT2D eigenvalue weighted by atomic mass is 19.1. The molecule has 1 heterocycles. The minimum absolute atomic E-state index is 0.0729. The molecule has 146 valence electrons. The number of aromatic nitrogens is 1. The van der Waals surface area contributed by atoms with Gasteiger partial charge in [0.15, 0.2) is 0 Å². The Kier molecular flexibility index (Phi) is 6.37. The van der Waals surface area contributed by atoms with Crippen LogP contribution < -0.4 is 10.1 Å². The first-order valence-corrected chi connectivity index (χ1v) is 8.88. The quantitative estimate of drug-likeness (QED) is 0.593. The monoisotopic (exact) mass is 386 g/mol. The summed E-state index contributed by atoms with van der Waals surface area (Å²) in [5.74, 6) is 0.500. The van der Waals surface area contributed by atoms with Crippen molar-refractivity contribution in [3.8, 4) is 17.2 Å². The molecule has 28 heavy (non-hydrogen) atoms. The summed E-state index contributed by atoms with van der Waals surface area (Å²) in [4.78, 5) is 16.4. The maximum Gasteiger partial charge on any atom is 0.226 e. The van der Waals surface area contributed by atoms with Crippen LogP contribution in [0.15, 0.2) is 52.9 Å². The molecular formula is C21H20F2N2O3. The van der Waals surface area contributed by atoms with E-state index in [1.165, 1.54) is 24.3 Å². The fourth-order valence-electron chi connectivity index (χ4n) is 2.57. The smallest absolute Gasteiger partial charge is 0.226 e. The first kappa shape index (κ1) is 19.5. The topological polar surface area (TPSA) is 64.4 Å². The molecule has 1 aromatic heterocycles. The molecule has 0 spiro atoms. The van der Waals surface area contributed by atoms with Crippen LogP contribution in [-0.2, 0) is 11.2 Å². The van der Waals surface area contributed by atoms with Crippen molar-refractivity contribution in [3.63, 3.8) is 0 Å². The van der Waals surface area contributed by atoms with Crippen LogP contribution in [0.2, 0.25) is 0 Å². The summed E-state index contributed by atoms with van der Waals surface area (Å²) in [5, 5.41) is 2.79. The van der Waals surface area contributed by atoms with Crippen molar-refractivity contribution in [2.75, 3.05) is 13.2 Å². The molecule has 3 rings (SSSR count). The van der Waals surface area contributed by atoms with Gasteiger partial charge in [-0.3, -0.25) is 4.79 Å². The number of hydrogen-bond donors (Lipinski definition) is 1. The highest BCUT2D eigenvalue weighted by molar-refractivity contribution is 5.78. The second-order valence-corrected chi connectivity index (χ2v) is 6.21. The summed E-state index contributed by atoms with van der Waals surface area (Å²) in [6.07, 6.45) is 0.679. The highest BCUT2D eigenvalue weighted by Gasteiger charge is 2.15. The molecular weight excluding hydrogens is 366 g/mol. The van der Waals surface area contributed by atoms with Crippen molar-refractivity contribution in [3.05, 3.63) is 71.6 Å². The lowest BCUT2D eigenvalue weighted by atomic mass is 10.2. The van der Waals surface area contributed by atoms with E-state index < -0.39 is 0 Å². The molecule has 0 bridgehead atoms. The zero-order valence-electron chi connectivity index (χ0n) is 15.4. The van der Waals surface area contributed by atoms with Crippen LogP contribution in [0.25, 0.3) is 11.5 Å². The van der Waals surface area contributed by atoms with Gasteiger partial charge in [-0.1, -0.05) is 6.07 Å². The van der Waals surface area contributed by atoms with Gasteiger partial charge in [0.05, 0.1) is 18.7 Å². The maximum absolute atomic E-state index is 13.3. The van der Waals surface area contributed by atoms with Crippen molar-refractivity contribution in [2.24, 2.45) is 0 Å². The number of nitrogens with zero attached hydrogens (tertiary/aromatic N) is 1. The molecule has 3 aromatic rings. The number of rotatable bonds is 8. The van der Waals surface area contributed by atoms with E-state index in [-0.39, 0.29) is 29.9 Å². The summed E-state index contributed by atoms with van der Waals surface area (Å²) >= 11 is 0. The summed E-state index contributed by atoms with van der Waals surface area (Å²) < 4.78 is 37.2. The summed E-state index contributed by atoms with van der Waals surface area (Å²) in [6.45, 7) is 2.56. The van der Waals surface area contributed by atoms with E-state index in [1.54, 1.807) is 31.2 Å². The molecule has 0 aliphatic heterocycles. The van der Waals surface area contributed by atoms with Gasteiger partial charge in [-0.25, -0.2) is 13.8 Å². The second kappa shape index (κ2) is 9.12. The Morgan fingerprint density at radius 3 is 2.68 bits per heavy atom. The normalized spacial score (nSPS) is 10.7. The summed E-state index contributed by atoms with van der Waals surface area (Å²) in [7, 11) is 0. The average Bonchev–Trinajstić information content (AvgIpc) is 3.03.